The number of imide groups is 1. The predicted molar refractivity (Wildman–Crippen MR) is 58.8 cm³/mol. The van der Waals surface area contributed by atoms with E-state index in [9.17, 15) is 9.59 Å². The number of carbonyl (C=O) groups excluding carboxylic acids is 2. The van der Waals surface area contributed by atoms with Crippen LogP contribution >= 0.6 is 0 Å². The number of nitrogens with zero attached hydrogens (tertiary/aromatic N) is 1. The van der Waals surface area contributed by atoms with Crippen molar-refractivity contribution in [3.05, 3.63) is 0 Å². The Hall–Kier alpha value is -1.06. The lowest BCUT2D eigenvalue weighted by Gasteiger charge is -2.43. The summed E-state index contributed by atoms with van der Waals surface area (Å²) >= 11 is 0. The first-order valence-corrected chi connectivity index (χ1v) is 6.34. The maximum absolute atomic E-state index is 12.5. The highest BCUT2D eigenvalue weighted by Gasteiger charge is 2.51. The number of nitrogens with one attached hydrogen (secondary N) is 1. The monoisotopic (exact) mass is 222 g/mol. The Morgan fingerprint density at radius 3 is 2.44 bits per heavy atom. The third kappa shape index (κ3) is 1.43. The second kappa shape index (κ2) is 3.47. The number of rotatable bonds is 1. The molecular weight excluding hydrogens is 204 g/mol. The van der Waals surface area contributed by atoms with Crippen molar-refractivity contribution in [2.24, 2.45) is 5.41 Å². The van der Waals surface area contributed by atoms with E-state index in [1.54, 1.807) is 0 Å². The third-order valence-corrected chi connectivity index (χ3v) is 4.19. The molecule has 2 saturated carbocycles. The predicted octanol–water partition coefficient (Wildman–Crippen LogP) is 1.65. The van der Waals surface area contributed by atoms with E-state index in [0.29, 0.717) is 6.54 Å². The van der Waals surface area contributed by atoms with Gasteiger partial charge in [0.2, 0.25) is 5.91 Å². The molecule has 1 aliphatic heterocycles. The average Bonchev–Trinajstić information content (AvgIpc) is 3.11. The average molecular weight is 222 g/mol. The Kier molecular flexibility index (Phi) is 2.19. The molecule has 0 bridgehead atoms. The van der Waals surface area contributed by atoms with Crippen molar-refractivity contribution in [2.75, 3.05) is 6.54 Å². The SMILES string of the molecule is O=C1NCC2(CCCCC2)C(=O)N1C1CC1. The van der Waals surface area contributed by atoms with Gasteiger partial charge in [-0.1, -0.05) is 19.3 Å². The molecule has 1 heterocycles. The molecule has 3 amide bonds. The van der Waals surface area contributed by atoms with E-state index >= 15 is 0 Å². The third-order valence-electron chi connectivity index (χ3n) is 4.19. The lowest BCUT2D eigenvalue weighted by molar-refractivity contribution is -0.143. The Morgan fingerprint density at radius 1 is 1.12 bits per heavy atom. The molecule has 4 nitrogen and oxygen atoms in total. The van der Waals surface area contributed by atoms with Gasteiger partial charge in [-0.25, -0.2) is 4.79 Å². The number of amides is 3. The second-order valence-corrected chi connectivity index (χ2v) is 5.41. The summed E-state index contributed by atoms with van der Waals surface area (Å²) in [5.74, 6) is 0.110. The van der Waals surface area contributed by atoms with Crippen LogP contribution in [0.25, 0.3) is 0 Å². The van der Waals surface area contributed by atoms with E-state index in [-0.39, 0.29) is 23.4 Å². The van der Waals surface area contributed by atoms with Gasteiger partial charge < -0.3 is 5.32 Å². The fourth-order valence-corrected chi connectivity index (χ4v) is 3.04. The maximum Gasteiger partial charge on any atom is 0.324 e. The van der Waals surface area contributed by atoms with Crippen LogP contribution in [0.2, 0.25) is 0 Å². The minimum Gasteiger partial charge on any atom is -0.337 e. The highest BCUT2D eigenvalue weighted by Crippen LogP contribution is 2.42. The quantitative estimate of drug-likeness (QED) is 0.733. The Bertz CT molecular complexity index is 330. The van der Waals surface area contributed by atoms with Gasteiger partial charge in [-0.3, -0.25) is 9.69 Å². The van der Waals surface area contributed by atoms with Gasteiger partial charge in [-0.2, -0.15) is 0 Å². The topological polar surface area (TPSA) is 49.4 Å². The summed E-state index contributed by atoms with van der Waals surface area (Å²) in [6.45, 7) is 0.563. The first-order valence-electron chi connectivity index (χ1n) is 6.34. The molecule has 0 radical (unpaired) electrons. The highest BCUT2D eigenvalue weighted by atomic mass is 16.2. The summed E-state index contributed by atoms with van der Waals surface area (Å²) in [5, 5.41) is 2.91. The summed E-state index contributed by atoms with van der Waals surface area (Å²) in [5.41, 5.74) is -0.255. The molecule has 3 rings (SSSR count). The fraction of sp³-hybridized carbons (Fsp3) is 0.833. The van der Waals surface area contributed by atoms with Crippen molar-refractivity contribution >= 4 is 11.9 Å². The molecule has 1 saturated heterocycles. The highest BCUT2D eigenvalue weighted by molar-refractivity contribution is 6.00. The summed E-state index contributed by atoms with van der Waals surface area (Å²) < 4.78 is 0. The molecule has 3 fully saturated rings. The number of hydrogen-bond acceptors (Lipinski definition) is 2. The Balaban J connectivity index is 1.85. The molecule has 2 aliphatic carbocycles. The van der Waals surface area contributed by atoms with Crippen LogP contribution < -0.4 is 5.32 Å². The van der Waals surface area contributed by atoms with E-state index in [2.05, 4.69) is 5.32 Å². The van der Waals surface area contributed by atoms with Crippen LogP contribution in [-0.4, -0.2) is 29.4 Å². The lowest BCUT2D eigenvalue weighted by atomic mass is 9.72. The van der Waals surface area contributed by atoms with E-state index in [0.717, 1.165) is 38.5 Å². The second-order valence-electron chi connectivity index (χ2n) is 5.41. The first-order chi connectivity index (χ1) is 7.73. The van der Waals surface area contributed by atoms with E-state index < -0.39 is 0 Å². The summed E-state index contributed by atoms with van der Waals surface area (Å²) in [6.07, 6.45) is 7.38. The number of urea groups is 1. The zero-order valence-electron chi connectivity index (χ0n) is 9.50. The van der Waals surface area contributed by atoms with Gasteiger partial charge in [0, 0.05) is 12.6 Å². The van der Waals surface area contributed by atoms with Gasteiger partial charge in [0.1, 0.15) is 0 Å². The lowest BCUT2D eigenvalue weighted by Crippen LogP contribution is -2.61. The molecule has 1 spiro atoms. The van der Waals surface area contributed by atoms with E-state index in [1.165, 1.54) is 11.3 Å². The molecule has 0 unspecified atom stereocenters. The fourth-order valence-electron chi connectivity index (χ4n) is 3.04. The van der Waals surface area contributed by atoms with E-state index in [1.807, 2.05) is 0 Å². The van der Waals surface area contributed by atoms with Gasteiger partial charge >= 0.3 is 6.03 Å². The minimum atomic E-state index is -0.255. The van der Waals surface area contributed by atoms with Gasteiger partial charge in [0.05, 0.1) is 5.41 Å². The van der Waals surface area contributed by atoms with Gasteiger partial charge in [0.15, 0.2) is 0 Å². The van der Waals surface area contributed by atoms with Crippen molar-refractivity contribution in [3.8, 4) is 0 Å². The molecule has 0 aromatic carbocycles. The first kappa shape index (κ1) is 10.1. The molecule has 3 aliphatic rings. The summed E-state index contributed by atoms with van der Waals surface area (Å²) in [6, 6.07) is 0.0373. The smallest absolute Gasteiger partial charge is 0.324 e. The van der Waals surface area contributed by atoms with Crippen molar-refractivity contribution in [2.45, 2.75) is 51.0 Å². The Morgan fingerprint density at radius 2 is 1.81 bits per heavy atom. The largest absolute Gasteiger partial charge is 0.337 e. The van der Waals surface area contributed by atoms with E-state index in [4.69, 9.17) is 0 Å². The van der Waals surface area contributed by atoms with Crippen LogP contribution in [0.4, 0.5) is 4.79 Å². The molecule has 88 valence electrons. The maximum atomic E-state index is 12.5. The van der Waals surface area contributed by atoms with Crippen LogP contribution in [-0.2, 0) is 4.79 Å². The zero-order chi connectivity index (χ0) is 11.2. The van der Waals surface area contributed by atoms with Crippen molar-refractivity contribution in [1.82, 2.24) is 10.2 Å². The molecule has 0 aromatic rings. The molecule has 4 heteroatoms. The van der Waals surface area contributed by atoms with Gasteiger partial charge in [-0.05, 0) is 25.7 Å². The van der Waals surface area contributed by atoms with Crippen LogP contribution in [0.15, 0.2) is 0 Å². The van der Waals surface area contributed by atoms with Gasteiger partial charge in [-0.15, -0.1) is 0 Å². The minimum absolute atomic E-state index is 0.110. The number of hydrogen-bond donors (Lipinski definition) is 1. The molecule has 1 N–H and O–H groups in total. The zero-order valence-corrected chi connectivity index (χ0v) is 9.50. The number of carbonyl (C=O) groups is 2. The van der Waals surface area contributed by atoms with Crippen LogP contribution in [0.3, 0.4) is 0 Å². The van der Waals surface area contributed by atoms with Gasteiger partial charge in [0.25, 0.3) is 0 Å². The normalized spacial score (nSPS) is 29.4. The van der Waals surface area contributed by atoms with Crippen LogP contribution in [0.5, 0.6) is 0 Å². The van der Waals surface area contributed by atoms with Crippen molar-refractivity contribution in [1.29, 1.82) is 0 Å². The van der Waals surface area contributed by atoms with Crippen LogP contribution in [0.1, 0.15) is 44.9 Å². The summed E-state index contributed by atoms with van der Waals surface area (Å²) in [7, 11) is 0. The standard InChI is InChI=1S/C12H18N2O2/c15-10-12(6-2-1-3-7-12)8-13-11(16)14(10)9-4-5-9/h9H,1-8H2,(H,13,16). The molecule has 0 aromatic heterocycles. The Labute approximate surface area is 95.4 Å². The van der Waals surface area contributed by atoms with Crippen molar-refractivity contribution < 1.29 is 9.59 Å². The molecule has 16 heavy (non-hydrogen) atoms. The van der Waals surface area contributed by atoms with Crippen molar-refractivity contribution in [3.63, 3.8) is 0 Å². The molecular formula is C12H18N2O2. The van der Waals surface area contributed by atoms with Crippen LogP contribution in [0, 0.1) is 5.41 Å². The summed E-state index contributed by atoms with van der Waals surface area (Å²) in [4.78, 5) is 25.7. The molecule has 0 atom stereocenters.